The zero-order valence-electron chi connectivity index (χ0n) is 8.32. The molecular formula is C12H14O2. The van der Waals surface area contributed by atoms with E-state index >= 15 is 0 Å². The summed E-state index contributed by atoms with van der Waals surface area (Å²) in [4.78, 5) is 11.0. The van der Waals surface area contributed by atoms with Gasteiger partial charge in [0, 0.05) is 11.6 Å². The second-order valence-corrected chi connectivity index (χ2v) is 2.35. The molecular weight excluding hydrogens is 176 g/mol. The van der Waals surface area contributed by atoms with Crippen molar-refractivity contribution in [3.05, 3.63) is 61.4 Å². The molecule has 0 atom stereocenters. The number of hydrogen-bond donors (Lipinski definition) is 0. The van der Waals surface area contributed by atoms with E-state index in [1.165, 1.54) is 0 Å². The highest BCUT2D eigenvalue weighted by molar-refractivity contribution is 5.82. The number of allylic oxidation sites excluding steroid dienone is 5. The van der Waals surface area contributed by atoms with Gasteiger partial charge in [-0.05, 0) is 13.0 Å². The Kier molecular flexibility index (Phi) is 5.79. The minimum absolute atomic E-state index is 0.419. The molecule has 0 spiro atoms. The summed E-state index contributed by atoms with van der Waals surface area (Å²) in [6, 6.07) is 0. The Morgan fingerprint density at radius 1 is 1.14 bits per heavy atom. The number of carbonyl (C=O) groups is 1. The van der Waals surface area contributed by atoms with Crippen LogP contribution < -0.4 is 0 Å². The molecule has 0 fully saturated rings. The number of ether oxygens (including phenoxy) is 1. The van der Waals surface area contributed by atoms with Crippen molar-refractivity contribution in [2.75, 3.05) is 0 Å². The molecule has 2 nitrogen and oxygen atoms in total. The fourth-order valence-corrected chi connectivity index (χ4v) is 0.775. The lowest BCUT2D eigenvalue weighted by atomic mass is 10.2. The summed E-state index contributed by atoms with van der Waals surface area (Å²) in [6.07, 6.45) is 7.67. The van der Waals surface area contributed by atoms with Crippen LogP contribution in [0.3, 0.4) is 0 Å². The number of carbonyl (C=O) groups excluding carboxylic acids is 1. The van der Waals surface area contributed by atoms with Gasteiger partial charge in [-0.15, -0.1) is 0 Å². The second kappa shape index (κ2) is 6.66. The van der Waals surface area contributed by atoms with E-state index in [2.05, 4.69) is 19.7 Å². The summed E-state index contributed by atoms with van der Waals surface area (Å²) in [7, 11) is 0. The molecule has 0 aliphatic heterocycles. The van der Waals surface area contributed by atoms with Gasteiger partial charge in [0.1, 0.15) is 5.76 Å². The predicted molar refractivity (Wildman–Crippen MR) is 58.5 cm³/mol. The Bertz CT molecular complexity index is 296. The molecule has 0 unspecified atom stereocenters. The van der Waals surface area contributed by atoms with Crippen molar-refractivity contribution in [3.63, 3.8) is 0 Å². The van der Waals surface area contributed by atoms with Crippen molar-refractivity contribution in [2.24, 2.45) is 0 Å². The van der Waals surface area contributed by atoms with Crippen LogP contribution in [0.2, 0.25) is 0 Å². The van der Waals surface area contributed by atoms with Gasteiger partial charge in [-0.25, -0.2) is 4.79 Å². The van der Waals surface area contributed by atoms with Gasteiger partial charge in [-0.1, -0.05) is 38.0 Å². The Labute approximate surface area is 84.6 Å². The molecule has 0 heterocycles. The lowest BCUT2D eigenvalue weighted by Crippen LogP contribution is -2.00. The van der Waals surface area contributed by atoms with Crippen LogP contribution in [0.15, 0.2) is 61.4 Å². The molecule has 0 bridgehead atoms. The van der Waals surface area contributed by atoms with Crippen LogP contribution in [0.25, 0.3) is 0 Å². The van der Waals surface area contributed by atoms with Gasteiger partial charge in [0.05, 0.1) is 0 Å². The van der Waals surface area contributed by atoms with E-state index in [9.17, 15) is 4.79 Å². The Balaban J connectivity index is 5.00. The molecule has 0 aliphatic rings. The first-order valence-corrected chi connectivity index (χ1v) is 4.15. The average molecular weight is 190 g/mol. The van der Waals surface area contributed by atoms with Crippen LogP contribution in [0.4, 0.5) is 0 Å². The number of esters is 1. The van der Waals surface area contributed by atoms with Crippen LogP contribution in [-0.4, -0.2) is 5.97 Å². The molecule has 14 heavy (non-hydrogen) atoms. The zero-order chi connectivity index (χ0) is 11.0. The maximum atomic E-state index is 11.0. The molecule has 0 radical (unpaired) electrons. The predicted octanol–water partition coefficient (Wildman–Crippen LogP) is 2.92. The highest BCUT2D eigenvalue weighted by atomic mass is 16.5. The first-order valence-electron chi connectivity index (χ1n) is 4.15. The smallest absolute Gasteiger partial charge is 0.335 e. The fourth-order valence-electron chi connectivity index (χ4n) is 0.775. The monoisotopic (exact) mass is 190 g/mol. The van der Waals surface area contributed by atoms with Gasteiger partial charge < -0.3 is 4.74 Å². The lowest BCUT2D eigenvalue weighted by molar-refractivity contribution is -0.133. The largest absolute Gasteiger partial charge is 0.423 e. The van der Waals surface area contributed by atoms with Crippen molar-refractivity contribution < 1.29 is 9.53 Å². The van der Waals surface area contributed by atoms with E-state index in [0.717, 1.165) is 6.08 Å². The molecule has 0 N–H and O–H groups in total. The van der Waals surface area contributed by atoms with E-state index in [-0.39, 0.29) is 0 Å². The van der Waals surface area contributed by atoms with E-state index in [4.69, 9.17) is 4.74 Å². The normalized spacial score (nSPS) is 9.21. The highest BCUT2D eigenvalue weighted by Gasteiger charge is 2.02. The van der Waals surface area contributed by atoms with Crippen LogP contribution in [0, 0.1) is 0 Å². The maximum absolute atomic E-state index is 11.0. The van der Waals surface area contributed by atoms with Crippen LogP contribution in [0.5, 0.6) is 0 Å². The third kappa shape index (κ3) is 3.72. The van der Waals surface area contributed by atoms with Gasteiger partial charge in [0.25, 0.3) is 0 Å². The zero-order valence-corrected chi connectivity index (χ0v) is 8.32. The van der Waals surface area contributed by atoms with Gasteiger partial charge in [-0.3, -0.25) is 0 Å². The van der Waals surface area contributed by atoms with E-state index in [1.807, 2.05) is 6.92 Å². The minimum atomic E-state index is -0.501. The van der Waals surface area contributed by atoms with E-state index in [0.29, 0.717) is 11.3 Å². The minimum Gasteiger partial charge on any atom is -0.423 e. The summed E-state index contributed by atoms with van der Waals surface area (Å²) in [5.74, 6) is -0.0818. The SMILES string of the molecule is C=CC(=O)OC(/C=C\C)=C(C=C)C=C. The molecule has 0 saturated heterocycles. The molecule has 74 valence electrons. The summed E-state index contributed by atoms with van der Waals surface area (Å²) in [5, 5.41) is 0. The van der Waals surface area contributed by atoms with Gasteiger partial charge in [-0.2, -0.15) is 0 Å². The molecule has 0 aromatic heterocycles. The van der Waals surface area contributed by atoms with Crippen LogP contribution >= 0.6 is 0 Å². The molecule has 2 heteroatoms. The Hall–Kier alpha value is -1.83. The standard InChI is InChI=1S/C12H14O2/c1-5-9-11(10(6-2)7-3)14-12(13)8-4/h5-9H,2-4H2,1H3/b9-5-. The van der Waals surface area contributed by atoms with Crippen LogP contribution in [0.1, 0.15) is 6.92 Å². The average Bonchev–Trinajstić information content (AvgIpc) is 2.19. The molecule has 0 aromatic carbocycles. The van der Waals surface area contributed by atoms with Crippen molar-refractivity contribution in [3.8, 4) is 0 Å². The first kappa shape index (κ1) is 12.2. The summed E-state index contributed by atoms with van der Waals surface area (Å²) in [6.45, 7) is 12.3. The van der Waals surface area contributed by atoms with Crippen molar-refractivity contribution in [1.82, 2.24) is 0 Å². The fraction of sp³-hybridized carbons (Fsp3) is 0.0833. The molecule has 0 rings (SSSR count). The van der Waals surface area contributed by atoms with Crippen molar-refractivity contribution in [1.29, 1.82) is 0 Å². The highest BCUT2D eigenvalue weighted by Crippen LogP contribution is 2.10. The van der Waals surface area contributed by atoms with Crippen LogP contribution in [-0.2, 0) is 9.53 Å². The number of hydrogen-bond acceptors (Lipinski definition) is 2. The molecule has 0 amide bonds. The molecule has 0 aromatic rings. The second-order valence-electron chi connectivity index (χ2n) is 2.35. The van der Waals surface area contributed by atoms with Gasteiger partial charge in [0.2, 0.25) is 0 Å². The maximum Gasteiger partial charge on any atom is 0.335 e. The van der Waals surface area contributed by atoms with E-state index < -0.39 is 5.97 Å². The Morgan fingerprint density at radius 2 is 1.71 bits per heavy atom. The topological polar surface area (TPSA) is 26.3 Å². The van der Waals surface area contributed by atoms with Gasteiger partial charge in [0.15, 0.2) is 0 Å². The summed E-state index contributed by atoms with van der Waals surface area (Å²) >= 11 is 0. The molecule has 0 saturated carbocycles. The van der Waals surface area contributed by atoms with Crippen molar-refractivity contribution in [2.45, 2.75) is 6.92 Å². The van der Waals surface area contributed by atoms with Gasteiger partial charge >= 0.3 is 5.97 Å². The molecule has 0 aliphatic carbocycles. The summed E-state index contributed by atoms with van der Waals surface area (Å²) in [5.41, 5.74) is 0.665. The third-order valence-corrected chi connectivity index (χ3v) is 1.42. The number of rotatable bonds is 5. The Morgan fingerprint density at radius 3 is 2.07 bits per heavy atom. The van der Waals surface area contributed by atoms with E-state index in [1.54, 1.807) is 24.3 Å². The summed E-state index contributed by atoms with van der Waals surface area (Å²) < 4.78 is 4.98. The quantitative estimate of drug-likeness (QED) is 0.288. The first-order chi connectivity index (χ1) is 6.69. The lowest BCUT2D eigenvalue weighted by Gasteiger charge is -2.04. The third-order valence-electron chi connectivity index (χ3n) is 1.42. The van der Waals surface area contributed by atoms with Crippen molar-refractivity contribution >= 4 is 5.97 Å².